The second kappa shape index (κ2) is 8.51. The van der Waals surface area contributed by atoms with Gasteiger partial charge in [-0.25, -0.2) is 8.42 Å². The first-order valence-corrected chi connectivity index (χ1v) is 11.6. The largest absolute Gasteiger partial charge is 0.360 e. The van der Waals surface area contributed by atoms with Crippen LogP contribution in [0.5, 0.6) is 0 Å². The molecule has 0 radical (unpaired) electrons. The maximum Gasteiger partial charge on any atom is 0.248 e. The number of likely N-dealkylation sites (N-methyl/N-ethyl adjacent to an activating group) is 1. The smallest absolute Gasteiger partial charge is 0.248 e. The van der Waals surface area contributed by atoms with Crippen LogP contribution < -0.4 is 0 Å². The lowest BCUT2D eigenvalue weighted by Gasteiger charge is -2.39. The predicted molar refractivity (Wildman–Crippen MR) is 105 cm³/mol. The van der Waals surface area contributed by atoms with Crippen LogP contribution in [0.1, 0.15) is 50.5 Å². The summed E-state index contributed by atoms with van der Waals surface area (Å²) in [7, 11) is -1.72. The molecule has 0 bridgehead atoms. The van der Waals surface area contributed by atoms with E-state index in [9.17, 15) is 13.2 Å². The van der Waals surface area contributed by atoms with Crippen molar-refractivity contribution in [3.8, 4) is 0 Å². The molecular formula is C19H32N4O4S. The van der Waals surface area contributed by atoms with Crippen molar-refractivity contribution in [2.45, 2.75) is 69.9 Å². The van der Waals surface area contributed by atoms with Crippen LogP contribution in [0.2, 0.25) is 0 Å². The number of nitrogens with zero attached hydrogens (tertiary/aromatic N) is 4. The van der Waals surface area contributed by atoms with Gasteiger partial charge >= 0.3 is 0 Å². The standard InChI is InChI=1S/C19H32N4O4S/c1-14-18(16(3)27-20-14)28(25,26)23-12-10-22(11-13-23)15(2)19(24)21(4)17-8-6-5-7-9-17/h15,17H,5-13H2,1-4H3. The quantitative estimate of drug-likeness (QED) is 0.733. The summed E-state index contributed by atoms with van der Waals surface area (Å²) >= 11 is 0. The Labute approximate surface area is 167 Å². The highest BCUT2D eigenvalue weighted by molar-refractivity contribution is 7.89. The number of amides is 1. The highest BCUT2D eigenvalue weighted by Crippen LogP contribution is 2.25. The normalized spacial score (nSPS) is 21.6. The molecule has 2 heterocycles. The van der Waals surface area contributed by atoms with E-state index in [4.69, 9.17) is 4.52 Å². The van der Waals surface area contributed by atoms with Gasteiger partial charge in [-0.15, -0.1) is 0 Å². The number of rotatable bonds is 5. The fraction of sp³-hybridized carbons (Fsp3) is 0.789. The summed E-state index contributed by atoms with van der Waals surface area (Å²) in [4.78, 5) is 17.1. The van der Waals surface area contributed by atoms with Gasteiger partial charge in [0.05, 0.1) is 6.04 Å². The zero-order chi connectivity index (χ0) is 20.5. The molecule has 1 unspecified atom stereocenters. The van der Waals surface area contributed by atoms with Crippen LogP contribution in [0.15, 0.2) is 9.42 Å². The Morgan fingerprint density at radius 3 is 2.29 bits per heavy atom. The van der Waals surface area contributed by atoms with E-state index in [0.717, 1.165) is 12.8 Å². The highest BCUT2D eigenvalue weighted by Gasteiger charge is 2.36. The molecule has 0 N–H and O–H groups in total. The fourth-order valence-electron chi connectivity index (χ4n) is 4.40. The topological polar surface area (TPSA) is 87.0 Å². The van der Waals surface area contributed by atoms with E-state index in [1.165, 1.54) is 23.6 Å². The zero-order valence-electron chi connectivity index (χ0n) is 17.3. The maximum atomic E-state index is 12.9. The van der Waals surface area contributed by atoms with E-state index in [0.29, 0.717) is 43.7 Å². The van der Waals surface area contributed by atoms with Gasteiger partial charge in [-0.05, 0) is 33.6 Å². The van der Waals surface area contributed by atoms with Crippen LogP contribution >= 0.6 is 0 Å². The summed E-state index contributed by atoms with van der Waals surface area (Å²) < 4.78 is 32.4. The molecular weight excluding hydrogens is 380 g/mol. The lowest BCUT2D eigenvalue weighted by atomic mass is 9.94. The number of hydrogen-bond acceptors (Lipinski definition) is 6. The van der Waals surface area contributed by atoms with Crippen molar-refractivity contribution < 1.29 is 17.7 Å². The van der Waals surface area contributed by atoms with E-state index in [1.807, 2.05) is 18.9 Å². The van der Waals surface area contributed by atoms with Crippen LogP contribution in [-0.4, -0.2) is 78.9 Å². The minimum atomic E-state index is -3.63. The third-order valence-corrected chi connectivity index (χ3v) is 8.36. The van der Waals surface area contributed by atoms with Gasteiger partial charge in [-0.3, -0.25) is 9.69 Å². The summed E-state index contributed by atoms with van der Waals surface area (Å²) in [6.45, 7) is 6.98. The summed E-state index contributed by atoms with van der Waals surface area (Å²) in [5, 5.41) is 3.77. The SMILES string of the molecule is Cc1noc(C)c1S(=O)(=O)N1CCN(C(C)C(=O)N(C)C2CCCCC2)CC1. The van der Waals surface area contributed by atoms with E-state index >= 15 is 0 Å². The Morgan fingerprint density at radius 2 is 1.75 bits per heavy atom. The van der Waals surface area contributed by atoms with Crippen molar-refractivity contribution in [2.75, 3.05) is 33.2 Å². The van der Waals surface area contributed by atoms with Gasteiger partial charge in [-0.2, -0.15) is 4.31 Å². The first-order chi connectivity index (χ1) is 13.2. The monoisotopic (exact) mass is 412 g/mol. The summed E-state index contributed by atoms with van der Waals surface area (Å²) in [6.07, 6.45) is 5.80. The molecule has 1 saturated heterocycles. The summed E-state index contributed by atoms with van der Waals surface area (Å²) in [5.41, 5.74) is 0.387. The van der Waals surface area contributed by atoms with Gasteiger partial charge in [-0.1, -0.05) is 24.4 Å². The molecule has 2 aliphatic rings. The molecule has 1 aromatic heterocycles. The molecule has 1 aliphatic heterocycles. The third-order valence-electron chi connectivity index (χ3n) is 6.21. The number of carbonyl (C=O) groups is 1. The third kappa shape index (κ3) is 4.11. The van der Waals surface area contributed by atoms with Gasteiger partial charge < -0.3 is 9.42 Å². The number of aromatic nitrogens is 1. The molecule has 1 aliphatic carbocycles. The Hall–Kier alpha value is -1.45. The highest BCUT2D eigenvalue weighted by atomic mass is 32.2. The van der Waals surface area contributed by atoms with E-state index in [-0.39, 0.29) is 16.8 Å². The van der Waals surface area contributed by atoms with E-state index < -0.39 is 10.0 Å². The van der Waals surface area contributed by atoms with Crippen molar-refractivity contribution in [2.24, 2.45) is 0 Å². The second-order valence-electron chi connectivity index (χ2n) is 8.01. The molecule has 0 aromatic carbocycles. The zero-order valence-corrected chi connectivity index (χ0v) is 18.2. The molecule has 0 spiro atoms. The van der Waals surface area contributed by atoms with Crippen LogP contribution in [0.4, 0.5) is 0 Å². The molecule has 1 saturated carbocycles. The van der Waals surface area contributed by atoms with Crippen molar-refractivity contribution in [3.05, 3.63) is 11.5 Å². The van der Waals surface area contributed by atoms with Gasteiger partial charge in [0.25, 0.3) is 0 Å². The molecule has 8 nitrogen and oxygen atoms in total. The second-order valence-corrected chi connectivity index (χ2v) is 9.89. The van der Waals surface area contributed by atoms with Gasteiger partial charge in [0, 0.05) is 39.3 Å². The maximum absolute atomic E-state index is 12.9. The average Bonchev–Trinajstić information content (AvgIpc) is 3.06. The number of carbonyl (C=O) groups excluding carboxylic acids is 1. The van der Waals surface area contributed by atoms with Crippen molar-refractivity contribution in [1.82, 2.24) is 19.3 Å². The number of sulfonamides is 1. The summed E-state index contributed by atoms with van der Waals surface area (Å²) in [6, 6.07) is 0.0979. The van der Waals surface area contributed by atoms with Crippen LogP contribution in [0.25, 0.3) is 0 Å². The minimum absolute atomic E-state index is 0.133. The lowest BCUT2D eigenvalue weighted by Crippen LogP contribution is -2.56. The first kappa shape index (κ1) is 21.3. The molecule has 1 aromatic rings. The van der Waals surface area contributed by atoms with Gasteiger partial charge in [0.15, 0.2) is 5.76 Å². The summed E-state index contributed by atoms with van der Waals surface area (Å²) in [5.74, 6) is 0.450. The molecule has 9 heteroatoms. The fourth-order valence-corrected chi connectivity index (χ4v) is 6.12. The first-order valence-electron chi connectivity index (χ1n) is 10.2. The Kier molecular flexibility index (Phi) is 6.46. The van der Waals surface area contributed by atoms with Gasteiger partial charge in [0.2, 0.25) is 15.9 Å². The van der Waals surface area contributed by atoms with Crippen LogP contribution in [0.3, 0.4) is 0 Å². The van der Waals surface area contributed by atoms with Crippen LogP contribution in [-0.2, 0) is 14.8 Å². The molecule has 1 atom stereocenters. The molecule has 3 rings (SSSR count). The average molecular weight is 413 g/mol. The molecule has 158 valence electrons. The number of hydrogen-bond donors (Lipinski definition) is 0. The number of aryl methyl sites for hydroxylation is 2. The van der Waals surface area contributed by atoms with Crippen molar-refractivity contribution in [3.63, 3.8) is 0 Å². The Balaban J connectivity index is 1.61. The Morgan fingerprint density at radius 1 is 1.14 bits per heavy atom. The van der Waals surface area contributed by atoms with E-state index in [1.54, 1.807) is 13.8 Å². The van der Waals surface area contributed by atoms with Crippen molar-refractivity contribution >= 4 is 15.9 Å². The van der Waals surface area contributed by atoms with E-state index in [2.05, 4.69) is 10.1 Å². The minimum Gasteiger partial charge on any atom is -0.360 e. The van der Waals surface area contributed by atoms with Crippen LogP contribution in [0, 0.1) is 13.8 Å². The molecule has 2 fully saturated rings. The van der Waals surface area contributed by atoms with Gasteiger partial charge in [0.1, 0.15) is 10.6 Å². The molecule has 28 heavy (non-hydrogen) atoms. The lowest BCUT2D eigenvalue weighted by molar-refractivity contribution is -0.138. The molecule has 1 amide bonds. The Bertz CT molecular complexity index is 773. The number of piperazine rings is 1. The van der Waals surface area contributed by atoms with Crippen molar-refractivity contribution in [1.29, 1.82) is 0 Å². The predicted octanol–water partition coefficient (Wildman–Crippen LogP) is 1.78.